The van der Waals surface area contributed by atoms with Crippen molar-refractivity contribution < 1.29 is 0 Å². The molecule has 1 aromatic heterocycles. The standard InChI is InChI=1S/C7H12N4O/c1-10-6-9-11(7(10)12)5-3-2-4-8/h2-3,6H,4-5,8H2,1H3/b3-2+. The largest absolute Gasteiger partial charge is 0.345 e. The van der Waals surface area contributed by atoms with E-state index in [2.05, 4.69) is 5.10 Å². The molecule has 0 bridgehead atoms. The number of aromatic nitrogens is 3. The van der Waals surface area contributed by atoms with Crippen LogP contribution in [-0.4, -0.2) is 20.9 Å². The van der Waals surface area contributed by atoms with Gasteiger partial charge in [0.05, 0.1) is 6.54 Å². The van der Waals surface area contributed by atoms with Gasteiger partial charge in [0.15, 0.2) is 0 Å². The molecule has 5 heteroatoms. The Morgan fingerprint density at radius 2 is 2.42 bits per heavy atom. The lowest BCUT2D eigenvalue weighted by atomic mass is 10.5. The Morgan fingerprint density at radius 3 is 2.92 bits per heavy atom. The number of hydrogen-bond donors (Lipinski definition) is 1. The van der Waals surface area contributed by atoms with Crippen LogP contribution in [-0.2, 0) is 13.6 Å². The van der Waals surface area contributed by atoms with Crippen LogP contribution in [0.5, 0.6) is 0 Å². The highest BCUT2D eigenvalue weighted by Gasteiger charge is 1.96. The summed E-state index contributed by atoms with van der Waals surface area (Å²) in [5.41, 5.74) is 5.12. The first-order valence-electron chi connectivity index (χ1n) is 3.69. The van der Waals surface area contributed by atoms with Crippen LogP contribution in [0.15, 0.2) is 23.3 Å². The SMILES string of the molecule is Cn1cnn(C/C=C/CN)c1=O. The van der Waals surface area contributed by atoms with E-state index in [0.29, 0.717) is 13.1 Å². The first-order valence-corrected chi connectivity index (χ1v) is 3.69. The van der Waals surface area contributed by atoms with Crippen molar-refractivity contribution >= 4 is 0 Å². The molecular weight excluding hydrogens is 156 g/mol. The fourth-order valence-corrected chi connectivity index (χ4v) is 0.816. The maximum Gasteiger partial charge on any atom is 0.345 e. The van der Waals surface area contributed by atoms with Gasteiger partial charge in [-0.3, -0.25) is 4.57 Å². The minimum Gasteiger partial charge on any atom is -0.327 e. The third kappa shape index (κ3) is 1.82. The van der Waals surface area contributed by atoms with Gasteiger partial charge in [0.2, 0.25) is 0 Å². The van der Waals surface area contributed by atoms with Crippen molar-refractivity contribution in [3.05, 3.63) is 29.0 Å². The lowest BCUT2D eigenvalue weighted by Gasteiger charge is -1.90. The van der Waals surface area contributed by atoms with Crippen molar-refractivity contribution in [2.75, 3.05) is 6.54 Å². The molecule has 0 amide bonds. The topological polar surface area (TPSA) is 65.8 Å². The van der Waals surface area contributed by atoms with Gasteiger partial charge in [-0.1, -0.05) is 12.2 Å². The molecular formula is C7H12N4O. The predicted molar refractivity (Wildman–Crippen MR) is 45.7 cm³/mol. The lowest BCUT2D eigenvalue weighted by molar-refractivity contribution is 0.658. The summed E-state index contributed by atoms with van der Waals surface area (Å²) in [5, 5.41) is 3.86. The van der Waals surface area contributed by atoms with Crippen molar-refractivity contribution in [1.29, 1.82) is 0 Å². The number of rotatable bonds is 3. The molecule has 66 valence electrons. The number of hydrogen-bond acceptors (Lipinski definition) is 3. The monoisotopic (exact) mass is 168 g/mol. The second-order valence-corrected chi connectivity index (χ2v) is 2.41. The molecule has 2 N–H and O–H groups in total. The average Bonchev–Trinajstić information content (AvgIpc) is 2.36. The van der Waals surface area contributed by atoms with E-state index in [1.54, 1.807) is 13.1 Å². The highest BCUT2D eigenvalue weighted by molar-refractivity contribution is 4.83. The summed E-state index contributed by atoms with van der Waals surface area (Å²) in [6.45, 7) is 0.971. The Morgan fingerprint density at radius 1 is 1.67 bits per heavy atom. The average molecular weight is 168 g/mol. The lowest BCUT2D eigenvalue weighted by Crippen LogP contribution is -2.22. The Bertz CT molecular complexity index is 322. The summed E-state index contributed by atoms with van der Waals surface area (Å²) in [4.78, 5) is 11.2. The molecule has 0 saturated heterocycles. The molecule has 0 aliphatic rings. The summed E-state index contributed by atoms with van der Waals surface area (Å²) >= 11 is 0. The van der Waals surface area contributed by atoms with Crippen LogP contribution in [0.2, 0.25) is 0 Å². The summed E-state index contributed by atoms with van der Waals surface area (Å²) in [6, 6.07) is 0. The van der Waals surface area contributed by atoms with Crippen LogP contribution in [0.3, 0.4) is 0 Å². The molecule has 1 aromatic rings. The van der Waals surface area contributed by atoms with E-state index in [1.165, 1.54) is 15.6 Å². The Hall–Kier alpha value is -1.36. The highest BCUT2D eigenvalue weighted by Crippen LogP contribution is 1.78. The van der Waals surface area contributed by atoms with Gasteiger partial charge in [-0.25, -0.2) is 9.48 Å². The molecule has 1 rings (SSSR count). The zero-order valence-corrected chi connectivity index (χ0v) is 6.97. The molecule has 0 aromatic carbocycles. The van der Waals surface area contributed by atoms with E-state index >= 15 is 0 Å². The molecule has 0 unspecified atom stereocenters. The summed E-state index contributed by atoms with van der Waals surface area (Å²) in [7, 11) is 1.67. The first-order chi connectivity index (χ1) is 5.75. The molecule has 12 heavy (non-hydrogen) atoms. The maximum atomic E-state index is 11.2. The number of aryl methyl sites for hydroxylation is 1. The molecule has 0 spiro atoms. The van der Waals surface area contributed by atoms with Crippen LogP contribution in [0.4, 0.5) is 0 Å². The number of nitrogens with two attached hydrogens (primary N) is 1. The maximum absolute atomic E-state index is 11.2. The van der Waals surface area contributed by atoms with Gasteiger partial charge in [-0.2, -0.15) is 5.10 Å². The molecule has 1 heterocycles. The minimum atomic E-state index is -0.114. The predicted octanol–water partition coefficient (Wildman–Crippen LogP) is -0.903. The summed E-state index contributed by atoms with van der Waals surface area (Å²) in [6.07, 6.45) is 5.09. The van der Waals surface area contributed by atoms with Gasteiger partial charge in [0.1, 0.15) is 6.33 Å². The Kier molecular flexibility index (Phi) is 2.82. The second-order valence-electron chi connectivity index (χ2n) is 2.41. The number of nitrogens with zero attached hydrogens (tertiary/aromatic N) is 3. The van der Waals surface area contributed by atoms with Gasteiger partial charge >= 0.3 is 5.69 Å². The molecule has 0 aliphatic heterocycles. The van der Waals surface area contributed by atoms with E-state index in [-0.39, 0.29) is 5.69 Å². The molecule has 0 atom stereocenters. The van der Waals surface area contributed by atoms with E-state index in [0.717, 1.165) is 0 Å². The van der Waals surface area contributed by atoms with Crippen LogP contribution in [0.25, 0.3) is 0 Å². The summed E-state index contributed by atoms with van der Waals surface area (Å²) < 4.78 is 2.79. The zero-order valence-electron chi connectivity index (χ0n) is 6.97. The third-order valence-corrected chi connectivity index (χ3v) is 1.47. The Balaban J connectivity index is 2.70. The molecule has 0 radical (unpaired) electrons. The fourth-order valence-electron chi connectivity index (χ4n) is 0.816. The zero-order chi connectivity index (χ0) is 8.97. The van der Waals surface area contributed by atoms with Crippen molar-refractivity contribution in [1.82, 2.24) is 14.3 Å². The van der Waals surface area contributed by atoms with Gasteiger partial charge in [-0.15, -0.1) is 0 Å². The molecule has 5 nitrogen and oxygen atoms in total. The van der Waals surface area contributed by atoms with Crippen LogP contribution in [0.1, 0.15) is 0 Å². The molecule has 0 fully saturated rings. The van der Waals surface area contributed by atoms with E-state index in [9.17, 15) is 4.79 Å². The van der Waals surface area contributed by atoms with Gasteiger partial charge < -0.3 is 5.73 Å². The minimum absolute atomic E-state index is 0.114. The first kappa shape index (κ1) is 8.73. The number of allylic oxidation sites excluding steroid dienone is 1. The van der Waals surface area contributed by atoms with Gasteiger partial charge in [0, 0.05) is 13.6 Å². The van der Waals surface area contributed by atoms with E-state index < -0.39 is 0 Å². The third-order valence-electron chi connectivity index (χ3n) is 1.47. The highest BCUT2D eigenvalue weighted by atomic mass is 16.2. The van der Waals surface area contributed by atoms with Crippen molar-refractivity contribution in [2.24, 2.45) is 12.8 Å². The van der Waals surface area contributed by atoms with Gasteiger partial charge in [0.25, 0.3) is 0 Å². The molecule has 0 saturated carbocycles. The molecule has 0 aliphatic carbocycles. The van der Waals surface area contributed by atoms with Gasteiger partial charge in [-0.05, 0) is 0 Å². The Labute approximate surface area is 70.1 Å². The fraction of sp³-hybridized carbons (Fsp3) is 0.429. The van der Waals surface area contributed by atoms with Crippen molar-refractivity contribution in [2.45, 2.75) is 6.54 Å². The summed E-state index contributed by atoms with van der Waals surface area (Å²) in [5.74, 6) is 0. The van der Waals surface area contributed by atoms with Crippen molar-refractivity contribution in [3.63, 3.8) is 0 Å². The van der Waals surface area contributed by atoms with Crippen molar-refractivity contribution in [3.8, 4) is 0 Å². The smallest absolute Gasteiger partial charge is 0.327 e. The normalized spacial score (nSPS) is 11.2. The second kappa shape index (κ2) is 3.87. The van der Waals surface area contributed by atoms with Crippen LogP contribution < -0.4 is 11.4 Å². The van der Waals surface area contributed by atoms with Crippen LogP contribution in [0, 0.1) is 0 Å². The van der Waals surface area contributed by atoms with Crippen LogP contribution >= 0.6 is 0 Å². The van der Waals surface area contributed by atoms with E-state index in [4.69, 9.17) is 5.73 Å². The van der Waals surface area contributed by atoms with E-state index in [1.807, 2.05) is 6.08 Å². The quantitative estimate of drug-likeness (QED) is 0.594.